The molecule has 2 atom stereocenters. The number of hydrogen-bond donors (Lipinski definition) is 1. The molecule has 1 aromatic heterocycles. The van der Waals surface area contributed by atoms with Crippen LogP contribution < -0.4 is 5.32 Å². The van der Waals surface area contributed by atoms with E-state index in [-0.39, 0.29) is 17.3 Å². The van der Waals surface area contributed by atoms with E-state index >= 15 is 0 Å². The van der Waals surface area contributed by atoms with Crippen LogP contribution in [-0.2, 0) is 14.3 Å². The van der Waals surface area contributed by atoms with Crippen molar-refractivity contribution in [3.63, 3.8) is 0 Å². The molecule has 150 valence electrons. The summed E-state index contributed by atoms with van der Waals surface area (Å²) in [5.74, 6) is -3.47. The van der Waals surface area contributed by atoms with Crippen LogP contribution in [0.15, 0.2) is 58.3 Å². The quantitative estimate of drug-likeness (QED) is 0.747. The molecule has 4 rings (SSSR count). The van der Waals surface area contributed by atoms with Gasteiger partial charge in [-0.3, -0.25) is 4.79 Å². The number of benzene rings is 1. The minimum atomic E-state index is -1.02. The fraction of sp³-hybridized carbons (Fsp3) is 0.273. The molecule has 29 heavy (non-hydrogen) atoms. The molecule has 0 saturated heterocycles. The molecule has 4 nitrogen and oxygen atoms in total. The lowest BCUT2D eigenvalue weighted by molar-refractivity contribution is -0.136. The van der Waals surface area contributed by atoms with Gasteiger partial charge in [0.2, 0.25) is 0 Å². The summed E-state index contributed by atoms with van der Waals surface area (Å²) in [6, 6.07) is 7.43. The molecule has 0 radical (unpaired) electrons. The number of ketones is 1. The van der Waals surface area contributed by atoms with E-state index in [0.717, 1.165) is 22.7 Å². The van der Waals surface area contributed by atoms with Crippen LogP contribution in [0.3, 0.4) is 0 Å². The highest BCUT2D eigenvalue weighted by Gasteiger charge is 2.41. The zero-order valence-electron chi connectivity index (χ0n) is 15.9. The molecule has 1 aliphatic heterocycles. The normalized spacial score (nSPS) is 21.7. The monoisotopic (exact) mass is 415 g/mol. The smallest absolute Gasteiger partial charge is 0.336 e. The summed E-state index contributed by atoms with van der Waals surface area (Å²) in [6.45, 7) is 1.72. The summed E-state index contributed by atoms with van der Waals surface area (Å²) < 4.78 is 32.4. The predicted molar refractivity (Wildman–Crippen MR) is 105 cm³/mol. The van der Waals surface area contributed by atoms with Gasteiger partial charge < -0.3 is 10.1 Å². The van der Waals surface area contributed by atoms with E-state index in [1.165, 1.54) is 13.2 Å². The largest absolute Gasteiger partial charge is 0.466 e. The van der Waals surface area contributed by atoms with Crippen molar-refractivity contribution >= 4 is 23.1 Å². The van der Waals surface area contributed by atoms with Crippen molar-refractivity contribution in [1.82, 2.24) is 5.32 Å². The average molecular weight is 415 g/mol. The number of halogens is 2. The second kappa shape index (κ2) is 7.55. The van der Waals surface area contributed by atoms with E-state index in [2.05, 4.69) is 5.32 Å². The summed E-state index contributed by atoms with van der Waals surface area (Å²) >= 11 is 1.60. The molecule has 1 aliphatic carbocycles. The molecule has 0 spiro atoms. The first-order chi connectivity index (χ1) is 13.9. The first-order valence-corrected chi connectivity index (χ1v) is 10.1. The third-order valence-electron chi connectivity index (χ3n) is 5.46. The zero-order valence-corrected chi connectivity index (χ0v) is 16.7. The number of allylic oxidation sites excluding steroid dienone is 3. The van der Waals surface area contributed by atoms with Crippen LogP contribution in [0.2, 0.25) is 0 Å². The van der Waals surface area contributed by atoms with Crippen molar-refractivity contribution in [2.75, 3.05) is 7.11 Å². The summed E-state index contributed by atoms with van der Waals surface area (Å²) in [4.78, 5) is 26.8. The third-order valence-corrected chi connectivity index (χ3v) is 6.49. The maximum Gasteiger partial charge on any atom is 0.336 e. The second-order valence-corrected chi connectivity index (χ2v) is 8.18. The Morgan fingerprint density at radius 1 is 1.21 bits per heavy atom. The van der Waals surface area contributed by atoms with Crippen molar-refractivity contribution in [3.8, 4) is 0 Å². The number of thiophene rings is 1. The molecule has 7 heteroatoms. The number of carbonyl (C=O) groups excluding carboxylic acids is 2. The molecule has 0 saturated carbocycles. The van der Waals surface area contributed by atoms with E-state index in [0.29, 0.717) is 29.7 Å². The SMILES string of the molecule is COC(=O)C1=C(C)NC2=C(C(=O)C[C@@H](c3cccs3)C2)[C@@H]1c1ccc(F)c(F)c1. The van der Waals surface area contributed by atoms with Gasteiger partial charge in [0.1, 0.15) is 0 Å². The highest BCUT2D eigenvalue weighted by Crippen LogP contribution is 2.46. The highest BCUT2D eigenvalue weighted by atomic mass is 32.1. The van der Waals surface area contributed by atoms with Crippen LogP contribution in [0.25, 0.3) is 0 Å². The highest BCUT2D eigenvalue weighted by molar-refractivity contribution is 7.10. The first kappa shape index (κ1) is 19.5. The number of Topliss-reactive ketones (excluding diaryl/α,β-unsaturated/α-hetero) is 1. The Kier molecular flexibility index (Phi) is 5.08. The molecular weight excluding hydrogens is 396 g/mol. The summed E-state index contributed by atoms with van der Waals surface area (Å²) in [6.07, 6.45) is 0.905. The Balaban J connectivity index is 1.84. The third kappa shape index (κ3) is 3.40. The van der Waals surface area contributed by atoms with Gasteiger partial charge in [0.15, 0.2) is 17.4 Å². The van der Waals surface area contributed by atoms with Gasteiger partial charge in [-0.1, -0.05) is 12.1 Å². The molecule has 0 unspecified atom stereocenters. The molecular formula is C22H19F2NO3S. The molecule has 2 aliphatic rings. The molecule has 1 N–H and O–H groups in total. The van der Waals surface area contributed by atoms with Gasteiger partial charge in [-0.2, -0.15) is 0 Å². The number of hydrogen-bond acceptors (Lipinski definition) is 5. The lowest BCUT2D eigenvalue weighted by atomic mass is 9.72. The minimum absolute atomic E-state index is 0.0480. The second-order valence-electron chi connectivity index (χ2n) is 7.20. The van der Waals surface area contributed by atoms with Crippen LogP contribution in [-0.4, -0.2) is 18.9 Å². The molecule has 1 aromatic carbocycles. The van der Waals surface area contributed by atoms with Crippen LogP contribution in [0.5, 0.6) is 0 Å². The Hall–Kier alpha value is -2.80. The summed E-state index contributed by atoms with van der Waals surface area (Å²) in [7, 11) is 1.25. The van der Waals surface area contributed by atoms with E-state index in [1.54, 1.807) is 18.3 Å². The van der Waals surface area contributed by atoms with E-state index in [1.807, 2.05) is 17.5 Å². The Morgan fingerprint density at radius 3 is 2.66 bits per heavy atom. The number of nitrogens with one attached hydrogen (secondary N) is 1. The lowest BCUT2D eigenvalue weighted by Gasteiger charge is -2.36. The van der Waals surface area contributed by atoms with Crippen LogP contribution >= 0.6 is 11.3 Å². The number of carbonyl (C=O) groups is 2. The van der Waals surface area contributed by atoms with Crippen molar-refractivity contribution in [3.05, 3.63) is 80.3 Å². The maximum absolute atomic E-state index is 14.0. The maximum atomic E-state index is 14.0. The number of dihydropyridines is 1. The number of methoxy groups -OCH3 is 1. The number of ether oxygens (including phenoxy) is 1. The topological polar surface area (TPSA) is 55.4 Å². The molecule has 0 amide bonds. The minimum Gasteiger partial charge on any atom is -0.466 e. The zero-order chi connectivity index (χ0) is 20.7. The number of rotatable bonds is 3. The lowest BCUT2D eigenvalue weighted by Crippen LogP contribution is -2.35. The van der Waals surface area contributed by atoms with Gasteiger partial charge in [0.05, 0.1) is 12.7 Å². The Labute approximate surface area is 170 Å². The van der Waals surface area contributed by atoms with E-state index in [4.69, 9.17) is 4.74 Å². The standard InChI is InChI=1S/C22H19F2NO3S/c1-11-19(22(27)28-2)20(12-5-6-14(23)15(24)8-12)21-16(25-11)9-13(10-17(21)26)18-4-3-7-29-18/h3-8,13,20,25H,9-10H2,1-2H3/t13-,20+/m0/s1. The first-order valence-electron chi connectivity index (χ1n) is 9.21. The van der Waals surface area contributed by atoms with Gasteiger partial charge >= 0.3 is 5.97 Å². The van der Waals surface area contributed by atoms with Gasteiger partial charge in [-0.05, 0) is 42.5 Å². The van der Waals surface area contributed by atoms with Crippen LogP contribution in [0.1, 0.15) is 42.0 Å². The fourth-order valence-corrected chi connectivity index (χ4v) is 5.00. The fourth-order valence-electron chi connectivity index (χ4n) is 4.17. The molecule has 0 fully saturated rings. The van der Waals surface area contributed by atoms with Crippen molar-refractivity contribution in [2.24, 2.45) is 0 Å². The number of esters is 1. The average Bonchev–Trinajstić information content (AvgIpc) is 3.23. The van der Waals surface area contributed by atoms with E-state index < -0.39 is 23.5 Å². The van der Waals surface area contributed by atoms with Crippen molar-refractivity contribution < 1.29 is 23.1 Å². The van der Waals surface area contributed by atoms with Crippen LogP contribution in [0, 0.1) is 11.6 Å². The van der Waals surface area contributed by atoms with E-state index in [9.17, 15) is 18.4 Å². The predicted octanol–water partition coefficient (Wildman–Crippen LogP) is 4.56. The van der Waals surface area contributed by atoms with Gasteiger partial charge in [-0.15, -0.1) is 11.3 Å². The molecule has 2 aromatic rings. The Morgan fingerprint density at radius 2 is 2.00 bits per heavy atom. The van der Waals surface area contributed by atoms with Crippen molar-refractivity contribution in [1.29, 1.82) is 0 Å². The van der Waals surface area contributed by atoms with Gasteiger partial charge in [-0.25, -0.2) is 13.6 Å². The summed E-state index contributed by atoms with van der Waals surface area (Å²) in [5, 5.41) is 5.18. The molecule has 2 heterocycles. The molecule has 0 bridgehead atoms. The van der Waals surface area contributed by atoms with Gasteiger partial charge in [0.25, 0.3) is 0 Å². The Bertz CT molecular complexity index is 1060. The summed E-state index contributed by atoms with van der Waals surface area (Å²) in [5.41, 5.74) is 2.28. The van der Waals surface area contributed by atoms with Crippen LogP contribution in [0.4, 0.5) is 8.78 Å². The van der Waals surface area contributed by atoms with Gasteiger partial charge in [0, 0.05) is 40.1 Å². The van der Waals surface area contributed by atoms with Crippen molar-refractivity contribution in [2.45, 2.75) is 31.6 Å².